The Hall–Kier alpha value is -1.32. The number of carbonyl (C=O) groups is 1. The molecule has 0 atom stereocenters. The third-order valence-electron chi connectivity index (χ3n) is 2.84. The maximum absolute atomic E-state index is 12.1. The Kier molecular flexibility index (Phi) is 5.46. The number of rotatable bonds is 4. The molecule has 2 aromatic rings. The molecule has 0 aliphatic carbocycles. The highest BCUT2D eigenvalue weighted by Gasteiger charge is 2.25. The minimum Gasteiger partial charge on any atom is -0.321 e. The van der Waals surface area contributed by atoms with Gasteiger partial charge in [0.05, 0.1) is 10.7 Å². The Morgan fingerprint density at radius 1 is 0.875 bits per heavy atom. The monoisotopic (exact) mass is 427 g/mol. The average Bonchev–Trinajstić information content (AvgIpc) is 2.45. The molecule has 128 valence electrons. The van der Waals surface area contributed by atoms with E-state index in [0.717, 1.165) is 6.07 Å². The molecule has 0 aliphatic rings. The Labute approximate surface area is 152 Å². The smallest absolute Gasteiger partial charge is 0.263 e. The van der Waals surface area contributed by atoms with Gasteiger partial charge in [0.15, 0.2) is 0 Å². The summed E-state index contributed by atoms with van der Waals surface area (Å²) in [5.74, 6) is -0.630. The van der Waals surface area contributed by atoms with Crippen LogP contribution in [-0.4, -0.2) is 22.7 Å². The fraction of sp³-hybridized carbons (Fsp3) is 0. The van der Waals surface area contributed by atoms with Crippen molar-refractivity contribution in [2.45, 2.75) is 9.79 Å². The third-order valence-corrected chi connectivity index (χ3v) is 5.99. The average molecular weight is 429 g/mol. The summed E-state index contributed by atoms with van der Waals surface area (Å²) in [6, 6.07) is 9.57. The minimum atomic E-state index is -4.39. The van der Waals surface area contributed by atoms with E-state index in [1.165, 1.54) is 12.1 Å². The van der Waals surface area contributed by atoms with Gasteiger partial charge in [-0.3, -0.25) is 4.79 Å². The summed E-state index contributed by atoms with van der Waals surface area (Å²) < 4.78 is 46.3. The first kappa shape index (κ1) is 19.0. The maximum atomic E-state index is 12.1. The van der Waals surface area contributed by atoms with Crippen molar-refractivity contribution in [3.05, 3.63) is 53.1 Å². The Bertz CT molecular complexity index is 1010. The van der Waals surface area contributed by atoms with Crippen molar-refractivity contribution >= 4 is 62.7 Å². The molecule has 0 bridgehead atoms. The van der Waals surface area contributed by atoms with E-state index >= 15 is 0 Å². The van der Waals surface area contributed by atoms with E-state index in [9.17, 15) is 21.6 Å². The highest BCUT2D eigenvalue weighted by atomic mass is 35.7. The second-order valence-electron chi connectivity index (χ2n) is 4.47. The Morgan fingerprint density at radius 3 is 1.92 bits per heavy atom. The van der Waals surface area contributed by atoms with Gasteiger partial charge in [-0.2, -0.15) is 0 Å². The molecular weight excluding hydrogens is 421 g/mol. The normalized spacial score (nSPS) is 12.0. The van der Waals surface area contributed by atoms with Gasteiger partial charge in [0, 0.05) is 26.9 Å². The summed E-state index contributed by atoms with van der Waals surface area (Å²) in [4.78, 5) is 10.9. The van der Waals surface area contributed by atoms with E-state index in [-0.39, 0.29) is 16.3 Å². The number of amides is 1. The molecular formula is C13H8Cl3NO5S2. The van der Waals surface area contributed by atoms with Gasteiger partial charge in [-0.25, -0.2) is 16.8 Å². The summed E-state index contributed by atoms with van der Waals surface area (Å²) in [5, 5.41) is 1.96. The lowest BCUT2D eigenvalue weighted by molar-refractivity contribution is 0.102. The fourth-order valence-electron chi connectivity index (χ4n) is 1.81. The van der Waals surface area contributed by atoms with Gasteiger partial charge in [0.1, 0.15) is 9.79 Å². The number of anilines is 1. The van der Waals surface area contributed by atoms with Gasteiger partial charge in [-0.1, -0.05) is 29.8 Å². The van der Waals surface area contributed by atoms with Crippen molar-refractivity contribution in [3.8, 4) is 0 Å². The molecule has 1 amide bonds. The molecule has 0 aliphatic heterocycles. The number of hydrogen-bond acceptors (Lipinski definition) is 5. The van der Waals surface area contributed by atoms with E-state index in [1.807, 2.05) is 0 Å². The van der Waals surface area contributed by atoms with Gasteiger partial charge in [0.25, 0.3) is 24.0 Å². The summed E-state index contributed by atoms with van der Waals surface area (Å²) in [6.45, 7) is 0. The largest absolute Gasteiger partial charge is 0.321 e. The maximum Gasteiger partial charge on any atom is 0.263 e. The predicted octanol–water partition coefficient (Wildman–Crippen LogP) is 3.45. The third kappa shape index (κ3) is 4.40. The Morgan fingerprint density at radius 2 is 1.42 bits per heavy atom. The number of carbonyl (C=O) groups excluding carboxylic acids is 1. The summed E-state index contributed by atoms with van der Waals surface area (Å²) in [7, 11) is 1.82. The molecule has 2 aromatic carbocycles. The lowest BCUT2D eigenvalue weighted by Crippen LogP contribution is -2.14. The van der Waals surface area contributed by atoms with Crippen LogP contribution in [-0.2, 0) is 18.1 Å². The van der Waals surface area contributed by atoms with Crippen molar-refractivity contribution < 1.29 is 21.6 Å². The summed E-state index contributed by atoms with van der Waals surface area (Å²) in [5.41, 5.74) is -0.0199. The molecule has 6 nitrogen and oxygen atoms in total. The van der Waals surface area contributed by atoms with Crippen LogP contribution < -0.4 is 5.32 Å². The van der Waals surface area contributed by atoms with E-state index < -0.39 is 33.8 Å². The van der Waals surface area contributed by atoms with Gasteiger partial charge < -0.3 is 5.32 Å². The van der Waals surface area contributed by atoms with Crippen molar-refractivity contribution in [1.82, 2.24) is 0 Å². The standard InChI is InChI=1S/C13H8Cl3NO5S2/c14-9-6-10(17-13(18)8-4-2-1-3-5-8)12(24(16,21)22)7-11(9)23(15,19)20/h1-7H,(H,17,18). The quantitative estimate of drug-likeness (QED) is 0.752. The van der Waals surface area contributed by atoms with Crippen LogP contribution in [0.1, 0.15) is 10.4 Å². The van der Waals surface area contributed by atoms with Gasteiger partial charge in [0.2, 0.25) is 0 Å². The van der Waals surface area contributed by atoms with E-state index in [0.29, 0.717) is 6.07 Å². The number of halogens is 3. The molecule has 2 rings (SSSR count). The van der Waals surface area contributed by atoms with Crippen LogP contribution >= 0.6 is 33.0 Å². The van der Waals surface area contributed by atoms with E-state index in [2.05, 4.69) is 5.32 Å². The van der Waals surface area contributed by atoms with Crippen LogP contribution in [0.2, 0.25) is 5.02 Å². The van der Waals surface area contributed by atoms with Crippen LogP contribution in [0.4, 0.5) is 5.69 Å². The molecule has 0 aromatic heterocycles. The summed E-state index contributed by atoms with van der Waals surface area (Å²) in [6.07, 6.45) is 0. The van der Waals surface area contributed by atoms with Gasteiger partial charge in [-0.05, 0) is 24.3 Å². The zero-order chi connectivity index (χ0) is 18.1. The molecule has 0 unspecified atom stereocenters. The number of nitrogens with one attached hydrogen (secondary N) is 1. The van der Waals surface area contributed by atoms with Crippen LogP contribution in [0.15, 0.2) is 52.3 Å². The topological polar surface area (TPSA) is 97.4 Å². The minimum absolute atomic E-state index is 0.251. The van der Waals surface area contributed by atoms with Crippen molar-refractivity contribution in [2.75, 3.05) is 5.32 Å². The van der Waals surface area contributed by atoms with Crippen molar-refractivity contribution in [1.29, 1.82) is 0 Å². The van der Waals surface area contributed by atoms with Crippen LogP contribution in [0.25, 0.3) is 0 Å². The second-order valence-corrected chi connectivity index (χ2v) is 9.95. The molecule has 24 heavy (non-hydrogen) atoms. The van der Waals surface area contributed by atoms with Gasteiger partial charge >= 0.3 is 0 Å². The molecule has 0 saturated heterocycles. The van der Waals surface area contributed by atoms with E-state index in [4.69, 9.17) is 33.0 Å². The lowest BCUT2D eigenvalue weighted by Gasteiger charge is -2.11. The Balaban J connectivity index is 2.58. The highest BCUT2D eigenvalue weighted by molar-refractivity contribution is 8.14. The lowest BCUT2D eigenvalue weighted by atomic mass is 10.2. The molecule has 0 radical (unpaired) electrons. The molecule has 11 heteroatoms. The molecule has 1 N–H and O–H groups in total. The van der Waals surface area contributed by atoms with Crippen molar-refractivity contribution in [2.24, 2.45) is 0 Å². The first-order valence-electron chi connectivity index (χ1n) is 6.09. The SMILES string of the molecule is O=C(Nc1cc(Cl)c(S(=O)(=O)Cl)cc1S(=O)(=O)Cl)c1ccccc1. The first-order valence-corrected chi connectivity index (χ1v) is 11.1. The van der Waals surface area contributed by atoms with Gasteiger partial charge in [-0.15, -0.1) is 0 Å². The summed E-state index contributed by atoms with van der Waals surface area (Å²) >= 11 is 5.81. The van der Waals surface area contributed by atoms with Crippen LogP contribution in [0.3, 0.4) is 0 Å². The fourth-order valence-corrected chi connectivity index (χ4v) is 4.41. The van der Waals surface area contributed by atoms with Crippen LogP contribution in [0.5, 0.6) is 0 Å². The predicted molar refractivity (Wildman–Crippen MR) is 91.9 cm³/mol. The van der Waals surface area contributed by atoms with Crippen LogP contribution in [0, 0.1) is 0 Å². The molecule has 0 heterocycles. The molecule has 0 fully saturated rings. The highest BCUT2D eigenvalue weighted by Crippen LogP contribution is 2.35. The number of benzene rings is 2. The number of hydrogen-bond donors (Lipinski definition) is 1. The van der Waals surface area contributed by atoms with Crippen molar-refractivity contribution in [3.63, 3.8) is 0 Å². The zero-order valence-corrected chi connectivity index (χ0v) is 15.4. The zero-order valence-electron chi connectivity index (χ0n) is 11.5. The molecule has 0 saturated carbocycles. The van der Waals surface area contributed by atoms with E-state index in [1.54, 1.807) is 18.2 Å². The molecule has 0 spiro atoms. The second kappa shape index (κ2) is 6.89. The first-order chi connectivity index (χ1) is 11.0.